The van der Waals surface area contributed by atoms with E-state index in [9.17, 15) is 22.4 Å². The molecule has 0 aliphatic heterocycles. The number of nitrogens with one attached hydrogen (secondary N) is 1. The van der Waals surface area contributed by atoms with Gasteiger partial charge in [0.1, 0.15) is 17.4 Å². The van der Waals surface area contributed by atoms with E-state index in [2.05, 4.69) is 35.8 Å². The van der Waals surface area contributed by atoms with Crippen LogP contribution in [0.3, 0.4) is 0 Å². The van der Waals surface area contributed by atoms with Gasteiger partial charge in [0, 0.05) is 12.6 Å². The van der Waals surface area contributed by atoms with Gasteiger partial charge in [0.05, 0.1) is 10.7 Å². The van der Waals surface area contributed by atoms with Crippen LogP contribution in [0.4, 0.5) is 22.4 Å². The maximum atomic E-state index is 13.9. The molecule has 0 bridgehead atoms. The predicted octanol–water partition coefficient (Wildman–Crippen LogP) is 8.65. The van der Waals surface area contributed by atoms with Gasteiger partial charge in [0.25, 0.3) is 0 Å². The van der Waals surface area contributed by atoms with E-state index in [1.165, 1.54) is 18.3 Å². The third-order valence-corrected chi connectivity index (χ3v) is 8.07. The molecule has 226 valence electrons. The second kappa shape index (κ2) is 13.3. The molecule has 1 aromatic heterocycles. The highest BCUT2D eigenvalue weighted by molar-refractivity contribution is 6.30. The summed E-state index contributed by atoms with van der Waals surface area (Å²) in [5.74, 6) is 0.362. The molecule has 0 unspecified atom stereocenters. The highest BCUT2D eigenvalue weighted by Gasteiger charge is 2.45. The van der Waals surface area contributed by atoms with Gasteiger partial charge >= 0.3 is 18.6 Å². The summed E-state index contributed by atoms with van der Waals surface area (Å²) in [6, 6.07) is 17.7. The average Bonchev–Trinajstić information content (AvgIpc) is 2.93. The first-order chi connectivity index (χ1) is 19.9. The first-order valence-corrected chi connectivity index (χ1v) is 14.4. The van der Waals surface area contributed by atoms with Gasteiger partial charge in [-0.25, -0.2) is 4.79 Å². The van der Waals surface area contributed by atoms with Crippen molar-refractivity contribution in [1.29, 1.82) is 0 Å². The zero-order valence-corrected chi connectivity index (χ0v) is 24.5. The largest absolute Gasteiger partial charge is 0.461 e. The van der Waals surface area contributed by atoms with E-state index >= 15 is 0 Å². The molecular formula is C32H35ClF4N2O3. The van der Waals surface area contributed by atoms with E-state index in [0.29, 0.717) is 29.0 Å². The fraction of sp³-hybridized carbons (Fsp3) is 0.438. The Bertz CT molecular complexity index is 1330. The van der Waals surface area contributed by atoms with Crippen molar-refractivity contribution in [3.05, 3.63) is 94.8 Å². The lowest BCUT2D eigenvalue weighted by molar-refractivity contribution is -0.253. The van der Waals surface area contributed by atoms with E-state index in [0.717, 1.165) is 24.5 Å². The number of hydrogen-bond acceptors (Lipinski definition) is 4. The van der Waals surface area contributed by atoms with Crippen molar-refractivity contribution >= 4 is 17.7 Å². The van der Waals surface area contributed by atoms with Crippen molar-refractivity contribution in [2.24, 2.45) is 17.8 Å². The Balaban J connectivity index is 1.80. The molecule has 4 atom stereocenters. The fourth-order valence-corrected chi connectivity index (χ4v) is 5.78. The van der Waals surface area contributed by atoms with Crippen molar-refractivity contribution in [3.63, 3.8) is 0 Å². The van der Waals surface area contributed by atoms with Gasteiger partial charge in [-0.1, -0.05) is 81.3 Å². The molecule has 1 aliphatic carbocycles. The number of alkyl halides is 4. The number of alkyl carbamates (subject to hydrolysis) is 1. The van der Waals surface area contributed by atoms with E-state index in [1.54, 1.807) is 18.2 Å². The second-order valence-electron chi connectivity index (χ2n) is 11.3. The monoisotopic (exact) mass is 606 g/mol. The van der Waals surface area contributed by atoms with Crippen LogP contribution in [-0.2, 0) is 16.7 Å². The average molecular weight is 607 g/mol. The minimum absolute atomic E-state index is 0.126. The molecule has 1 heterocycles. The number of halogens is 5. The summed E-state index contributed by atoms with van der Waals surface area (Å²) >= 11 is 6.14. The third-order valence-electron chi connectivity index (χ3n) is 7.85. The summed E-state index contributed by atoms with van der Waals surface area (Å²) in [5, 5.41) is 3.35. The second-order valence-corrected chi connectivity index (χ2v) is 11.8. The Morgan fingerprint density at radius 2 is 1.81 bits per heavy atom. The number of carbonyl (C=O) groups excluding carboxylic acids is 1. The van der Waals surface area contributed by atoms with Crippen LogP contribution in [0.15, 0.2) is 72.9 Å². The van der Waals surface area contributed by atoms with Gasteiger partial charge in [-0.2, -0.15) is 17.6 Å². The Labute approximate surface area is 248 Å². The SMILES string of the molecule is CC(C)[C@@H]1CC[C@@H](C)C[C@H]1OC(=O)N[C@@](Cc1ccccc1)(c1cccc(OC(F)(F)C(F)F)c1)c1ccc(Cl)cn1. The van der Waals surface area contributed by atoms with Gasteiger partial charge < -0.3 is 14.8 Å². The Kier molecular flexibility index (Phi) is 10.0. The fourth-order valence-electron chi connectivity index (χ4n) is 5.67. The standard InChI is InChI=1S/C32H35ClF4N2O3/c1-20(2)26-14-12-21(3)16-27(26)41-30(40)39-31(18-22-8-5-4-6-9-22,28-15-13-24(33)19-38-28)23-10-7-11-25(17-23)42-32(36,37)29(34)35/h4-11,13,15,17,19-21,26-27,29H,12,14,16,18H2,1-3H3,(H,39,40)/t21-,26+,27-,31+/m1/s1. The van der Waals surface area contributed by atoms with Crippen molar-refractivity contribution in [1.82, 2.24) is 10.3 Å². The Hall–Kier alpha value is -3.33. The maximum absolute atomic E-state index is 13.9. The normalized spacial score (nSPS) is 20.7. The van der Waals surface area contributed by atoms with Crippen LogP contribution < -0.4 is 10.1 Å². The third kappa shape index (κ3) is 7.54. The highest BCUT2D eigenvalue weighted by Crippen LogP contribution is 2.38. The molecule has 0 spiro atoms. The number of carbonyl (C=O) groups is 1. The number of amides is 1. The van der Waals surface area contributed by atoms with E-state index in [4.69, 9.17) is 16.3 Å². The summed E-state index contributed by atoms with van der Waals surface area (Å²) in [5.41, 5.74) is -0.0815. The summed E-state index contributed by atoms with van der Waals surface area (Å²) in [4.78, 5) is 18.3. The van der Waals surface area contributed by atoms with Crippen LogP contribution in [0.1, 0.15) is 56.9 Å². The first-order valence-electron chi connectivity index (χ1n) is 14.0. The van der Waals surface area contributed by atoms with Crippen molar-refractivity contribution in [2.45, 2.75) is 70.6 Å². The summed E-state index contributed by atoms with van der Waals surface area (Å²) in [6.07, 6.45) is -5.55. The van der Waals surface area contributed by atoms with Crippen LogP contribution in [0.2, 0.25) is 5.02 Å². The lowest BCUT2D eigenvalue weighted by atomic mass is 9.75. The number of nitrogens with zero attached hydrogens (tertiary/aromatic N) is 1. The Morgan fingerprint density at radius 3 is 2.45 bits per heavy atom. The molecule has 1 N–H and O–H groups in total. The molecule has 1 amide bonds. The van der Waals surface area contributed by atoms with Crippen LogP contribution >= 0.6 is 11.6 Å². The molecule has 0 saturated heterocycles. The maximum Gasteiger partial charge on any atom is 0.461 e. The van der Waals surface area contributed by atoms with E-state index < -0.39 is 29.9 Å². The number of benzene rings is 2. The first kappa shape index (κ1) is 31.6. The Morgan fingerprint density at radius 1 is 1.07 bits per heavy atom. The minimum Gasteiger partial charge on any atom is -0.446 e. The number of pyridine rings is 1. The molecule has 1 saturated carbocycles. The molecule has 4 rings (SSSR count). The van der Waals surface area contributed by atoms with Crippen LogP contribution in [-0.4, -0.2) is 29.7 Å². The van der Waals surface area contributed by atoms with Crippen LogP contribution in [0.25, 0.3) is 0 Å². The van der Waals surface area contributed by atoms with Crippen molar-refractivity contribution < 1.29 is 31.8 Å². The van der Waals surface area contributed by atoms with Crippen LogP contribution in [0, 0.1) is 17.8 Å². The lowest BCUT2D eigenvalue weighted by Crippen LogP contribution is -2.51. The smallest absolute Gasteiger partial charge is 0.446 e. The number of rotatable bonds is 10. The predicted molar refractivity (Wildman–Crippen MR) is 153 cm³/mol. The molecule has 42 heavy (non-hydrogen) atoms. The van der Waals surface area contributed by atoms with Gasteiger partial charge in [0.2, 0.25) is 0 Å². The minimum atomic E-state index is -4.71. The number of ether oxygens (including phenoxy) is 2. The summed E-state index contributed by atoms with van der Waals surface area (Å²) < 4.78 is 64.2. The molecule has 1 fully saturated rings. The summed E-state index contributed by atoms with van der Waals surface area (Å²) in [6.45, 7) is 6.34. The summed E-state index contributed by atoms with van der Waals surface area (Å²) in [7, 11) is 0. The molecule has 10 heteroatoms. The highest BCUT2D eigenvalue weighted by atomic mass is 35.5. The topological polar surface area (TPSA) is 60.5 Å². The zero-order valence-electron chi connectivity index (χ0n) is 23.7. The van der Waals surface area contributed by atoms with Gasteiger partial charge in [0.15, 0.2) is 0 Å². The van der Waals surface area contributed by atoms with E-state index in [-0.39, 0.29) is 24.0 Å². The van der Waals surface area contributed by atoms with Crippen LogP contribution in [0.5, 0.6) is 5.75 Å². The van der Waals surface area contributed by atoms with Gasteiger partial charge in [-0.15, -0.1) is 0 Å². The van der Waals surface area contributed by atoms with Crippen molar-refractivity contribution in [3.8, 4) is 5.75 Å². The molecular weight excluding hydrogens is 572 g/mol. The van der Waals surface area contributed by atoms with Gasteiger partial charge in [-0.3, -0.25) is 4.98 Å². The molecule has 0 radical (unpaired) electrons. The molecule has 1 aliphatic rings. The lowest BCUT2D eigenvalue weighted by Gasteiger charge is -2.39. The molecule has 5 nitrogen and oxygen atoms in total. The molecule has 2 aromatic carbocycles. The van der Waals surface area contributed by atoms with Gasteiger partial charge in [-0.05, 0) is 66.0 Å². The number of hydrogen-bond donors (Lipinski definition) is 1. The molecule has 3 aromatic rings. The number of aromatic nitrogens is 1. The van der Waals surface area contributed by atoms with E-state index in [1.807, 2.05) is 30.3 Å². The zero-order chi connectivity index (χ0) is 30.5. The quantitative estimate of drug-likeness (QED) is 0.235. The van der Waals surface area contributed by atoms with Crippen molar-refractivity contribution in [2.75, 3.05) is 0 Å².